The van der Waals surface area contributed by atoms with Gasteiger partial charge in [0.15, 0.2) is 0 Å². The van der Waals surface area contributed by atoms with Crippen molar-refractivity contribution in [2.24, 2.45) is 0 Å². The molecule has 3 heterocycles. The van der Waals surface area contributed by atoms with Gasteiger partial charge in [-0.25, -0.2) is 0 Å². The first-order chi connectivity index (χ1) is 12.7. The summed E-state index contributed by atoms with van der Waals surface area (Å²) in [6.45, 7) is 0.577. The lowest BCUT2D eigenvalue weighted by molar-refractivity contribution is -0.143. The summed E-state index contributed by atoms with van der Waals surface area (Å²) in [5.74, 6) is 1.58. The lowest BCUT2D eigenvalue weighted by Crippen LogP contribution is -2.49. The zero-order valence-electron chi connectivity index (χ0n) is 14.3. The summed E-state index contributed by atoms with van der Waals surface area (Å²) in [5, 5.41) is 10.2. The maximum atomic E-state index is 12.9. The molecule has 2 saturated heterocycles. The molecule has 2 amide bonds. The summed E-state index contributed by atoms with van der Waals surface area (Å²) in [4.78, 5) is 28.9. The highest BCUT2D eigenvalue weighted by Gasteiger charge is 2.40. The molecule has 1 aromatic heterocycles. The van der Waals surface area contributed by atoms with E-state index < -0.39 is 6.04 Å². The number of hydrogen-bond acceptors (Lipinski definition) is 5. The van der Waals surface area contributed by atoms with Crippen LogP contribution in [0.3, 0.4) is 0 Å². The first kappa shape index (κ1) is 17.0. The molecule has 134 valence electrons. The van der Waals surface area contributed by atoms with Crippen LogP contribution < -0.4 is 0 Å². The number of benzene rings is 1. The van der Waals surface area contributed by atoms with Gasteiger partial charge in [0, 0.05) is 17.7 Å². The van der Waals surface area contributed by atoms with Crippen LogP contribution in [0.5, 0.6) is 0 Å². The molecule has 2 aromatic rings. The van der Waals surface area contributed by atoms with Crippen LogP contribution in [-0.4, -0.2) is 51.9 Å². The van der Waals surface area contributed by atoms with Crippen LogP contribution in [0.1, 0.15) is 18.6 Å². The Hall–Kier alpha value is -2.46. The lowest BCUT2D eigenvalue weighted by Gasteiger charge is -2.28. The van der Waals surface area contributed by atoms with Gasteiger partial charge in [0.1, 0.15) is 23.4 Å². The van der Waals surface area contributed by atoms with E-state index in [-0.39, 0.29) is 24.3 Å². The highest BCUT2D eigenvalue weighted by atomic mass is 32.2. The molecule has 0 aliphatic carbocycles. The molecule has 26 heavy (non-hydrogen) atoms. The van der Waals surface area contributed by atoms with E-state index in [1.54, 1.807) is 21.6 Å². The van der Waals surface area contributed by atoms with Gasteiger partial charge in [-0.15, -0.1) is 11.8 Å². The van der Waals surface area contributed by atoms with Gasteiger partial charge in [-0.1, -0.05) is 18.2 Å². The topological polar surface area (TPSA) is 77.5 Å². The zero-order valence-corrected chi connectivity index (χ0v) is 15.1. The second-order valence-electron chi connectivity index (χ2n) is 6.63. The SMILES string of the molecule is N#C[C@@H]1CSCN1C(=O)[C@H]1CCCN1C(=O)Cc1cc2ccccc2o1. The van der Waals surface area contributed by atoms with Crippen molar-refractivity contribution in [2.75, 3.05) is 18.2 Å². The Balaban J connectivity index is 1.48. The van der Waals surface area contributed by atoms with Crippen LogP contribution in [0.15, 0.2) is 34.7 Å². The second-order valence-corrected chi connectivity index (χ2v) is 7.63. The summed E-state index contributed by atoms with van der Waals surface area (Å²) in [5.41, 5.74) is 0.760. The van der Waals surface area contributed by atoms with E-state index in [0.29, 0.717) is 30.4 Å². The number of likely N-dealkylation sites (tertiary alicyclic amines) is 1. The number of carbonyl (C=O) groups excluding carboxylic acids is 2. The van der Waals surface area contributed by atoms with E-state index in [1.807, 2.05) is 30.3 Å². The van der Waals surface area contributed by atoms with Crippen LogP contribution in [0.2, 0.25) is 0 Å². The second kappa shape index (κ2) is 7.04. The van der Waals surface area contributed by atoms with Crippen LogP contribution in [-0.2, 0) is 16.0 Å². The smallest absolute Gasteiger partial charge is 0.247 e. The standard InChI is InChI=1S/C19H19N3O3S/c20-10-14-11-26-12-22(14)19(24)16-5-3-7-21(16)18(23)9-15-8-13-4-1-2-6-17(13)25-15/h1-2,4,6,8,14,16H,3,5,7,9,11-12H2/t14-,16-/m1/s1. The van der Waals surface area contributed by atoms with Gasteiger partial charge in [-0.05, 0) is 25.0 Å². The number of carbonyl (C=O) groups is 2. The lowest BCUT2D eigenvalue weighted by atomic mass is 10.1. The summed E-state index contributed by atoms with van der Waals surface area (Å²) in [7, 11) is 0. The molecule has 2 aliphatic heterocycles. The predicted octanol–water partition coefficient (Wildman–Crippen LogP) is 2.39. The molecule has 7 heteroatoms. The number of rotatable bonds is 3. The van der Waals surface area contributed by atoms with Crippen molar-refractivity contribution < 1.29 is 14.0 Å². The van der Waals surface area contributed by atoms with E-state index in [1.165, 1.54) is 0 Å². The number of hydrogen-bond donors (Lipinski definition) is 0. The van der Waals surface area contributed by atoms with Crippen molar-refractivity contribution >= 4 is 34.5 Å². The number of furan rings is 1. The third-order valence-electron chi connectivity index (χ3n) is 4.97. The minimum absolute atomic E-state index is 0.0970. The van der Waals surface area contributed by atoms with E-state index in [9.17, 15) is 14.9 Å². The van der Waals surface area contributed by atoms with Gasteiger partial charge in [-0.3, -0.25) is 9.59 Å². The quantitative estimate of drug-likeness (QED) is 0.830. The van der Waals surface area contributed by atoms with Gasteiger partial charge >= 0.3 is 0 Å². The third-order valence-corrected chi connectivity index (χ3v) is 5.99. The van der Waals surface area contributed by atoms with Gasteiger partial charge < -0.3 is 14.2 Å². The highest BCUT2D eigenvalue weighted by molar-refractivity contribution is 7.99. The summed E-state index contributed by atoms with van der Waals surface area (Å²) in [6, 6.07) is 10.9. The Labute approximate surface area is 155 Å². The molecular formula is C19H19N3O3S. The molecular weight excluding hydrogens is 350 g/mol. The van der Waals surface area contributed by atoms with Crippen LogP contribution in [0, 0.1) is 11.3 Å². The molecule has 0 spiro atoms. The van der Waals surface area contributed by atoms with Crippen molar-refractivity contribution in [3.05, 3.63) is 36.1 Å². The molecule has 1 aromatic carbocycles. The summed E-state index contributed by atoms with van der Waals surface area (Å²) >= 11 is 1.58. The molecule has 0 unspecified atom stereocenters. The number of fused-ring (bicyclic) bond motifs is 1. The van der Waals surface area contributed by atoms with E-state index >= 15 is 0 Å². The number of nitrogens with zero attached hydrogens (tertiary/aromatic N) is 3. The maximum Gasteiger partial charge on any atom is 0.247 e. The molecule has 2 aliphatic rings. The minimum atomic E-state index is -0.457. The largest absolute Gasteiger partial charge is 0.461 e. The first-order valence-electron chi connectivity index (χ1n) is 8.72. The van der Waals surface area contributed by atoms with Crippen molar-refractivity contribution in [1.29, 1.82) is 5.26 Å². The third kappa shape index (κ3) is 3.06. The van der Waals surface area contributed by atoms with Gasteiger partial charge in [-0.2, -0.15) is 5.26 Å². The van der Waals surface area contributed by atoms with Crippen molar-refractivity contribution in [1.82, 2.24) is 9.80 Å². The Kier molecular flexibility index (Phi) is 4.60. The number of amides is 2. The fourth-order valence-corrected chi connectivity index (χ4v) is 4.74. The molecule has 0 N–H and O–H groups in total. The summed E-state index contributed by atoms with van der Waals surface area (Å²) < 4.78 is 5.74. The molecule has 2 atom stereocenters. The molecule has 2 fully saturated rings. The normalized spacial score (nSPS) is 22.7. The highest BCUT2D eigenvalue weighted by Crippen LogP contribution is 2.27. The predicted molar refractivity (Wildman–Crippen MR) is 98.2 cm³/mol. The Morgan fingerprint density at radius 1 is 1.31 bits per heavy atom. The maximum absolute atomic E-state index is 12.9. The molecule has 0 radical (unpaired) electrons. The average molecular weight is 369 g/mol. The zero-order chi connectivity index (χ0) is 18.1. The Morgan fingerprint density at radius 3 is 2.96 bits per heavy atom. The fraction of sp³-hybridized carbons (Fsp3) is 0.421. The number of para-hydroxylation sites is 1. The van der Waals surface area contributed by atoms with Crippen LogP contribution in [0.25, 0.3) is 11.0 Å². The van der Waals surface area contributed by atoms with E-state index in [2.05, 4.69) is 6.07 Å². The number of nitriles is 1. The minimum Gasteiger partial charge on any atom is -0.461 e. The van der Waals surface area contributed by atoms with Crippen molar-refractivity contribution in [3.8, 4) is 6.07 Å². The molecule has 0 bridgehead atoms. The fourth-order valence-electron chi connectivity index (χ4n) is 3.65. The Morgan fingerprint density at radius 2 is 2.15 bits per heavy atom. The summed E-state index contributed by atoms with van der Waals surface area (Å²) in [6.07, 6.45) is 1.61. The van der Waals surface area contributed by atoms with E-state index in [4.69, 9.17) is 4.42 Å². The monoisotopic (exact) mass is 369 g/mol. The molecule has 4 rings (SSSR count). The van der Waals surface area contributed by atoms with Gasteiger partial charge in [0.2, 0.25) is 11.8 Å². The first-order valence-corrected chi connectivity index (χ1v) is 9.87. The van der Waals surface area contributed by atoms with Crippen molar-refractivity contribution in [3.63, 3.8) is 0 Å². The van der Waals surface area contributed by atoms with Crippen molar-refractivity contribution in [2.45, 2.75) is 31.3 Å². The van der Waals surface area contributed by atoms with Crippen LogP contribution >= 0.6 is 11.8 Å². The number of thioether (sulfide) groups is 1. The molecule has 0 saturated carbocycles. The van der Waals surface area contributed by atoms with Gasteiger partial charge in [0.25, 0.3) is 0 Å². The Bertz CT molecular complexity index is 855. The molecule has 6 nitrogen and oxygen atoms in total. The van der Waals surface area contributed by atoms with E-state index in [0.717, 1.165) is 17.4 Å². The van der Waals surface area contributed by atoms with Crippen LogP contribution in [0.4, 0.5) is 0 Å². The van der Waals surface area contributed by atoms with Gasteiger partial charge in [0.05, 0.1) is 18.4 Å². The average Bonchev–Trinajstić information content (AvgIpc) is 3.38.